The third-order valence-electron chi connectivity index (χ3n) is 7.05. The molecule has 2 aromatic carbocycles. The summed E-state index contributed by atoms with van der Waals surface area (Å²) in [4.78, 5) is 24.0. The minimum absolute atomic E-state index is 0.0335. The number of sulfone groups is 1. The SMILES string of the molecule is CC[C@@H](CNC(=O)OC)C[C@@H]1CCC(C)C1S(=O)(=O)c1cc(C(=O)Nc2cc(F)c(F)c(F)c2)ccc1Cl. The predicted molar refractivity (Wildman–Crippen MR) is 137 cm³/mol. The number of rotatable bonds is 9. The van der Waals surface area contributed by atoms with Gasteiger partial charge in [-0.15, -0.1) is 0 Å². The molecule has 0 aliphatic heterocycles. The summed E-state index contributed by atoms with van der Waals surface area (Å²) < 4.78 is 72.7. The molecular weight excluding hydrogens is 545 g/mol. The van der Waals surface area contributed by atoms with Crippen LogP contribution >= 0.6 is 11.6 Å². The molecule has 38 heavy (non-hydrogen) atoms. The average molecular weight is 575 g/mol. The molecule has 2 aromatic rings. The standard InChI is InChI=1S/C26H30ClF3N2O5S/c1-4-15(13-31-26(34)37-3)9-16-6-5-14(2)24(16)38(35,36)22-10-17(7-8-19(22)27)25(33)32-18-11-20(28)23(30)21(29)12-18/h7-8,10-12,14-16,24H,4-6,9,13H2,1-3H3,(H,31,34)(H,32,33)/t14?,15-,16+,24?/m1/s1. The molecule has 0 heterocycles. The van der Waals surface area contributed by atoms with Crippen LogP contribution in [0.5, 0.6) is 0 Å². The largest absolute Gasteiger partial charge is 0.453 e. The first-order valence-corrected chi connectivity index (χ1v) is 14.1. The zero-order valence-electron chi connectivity index (χ0n) is 21.2. The topological polar surface area (TPSA) is 102 Å². The molecule has 1 aliphatic carbocycles. The fourth-order valence-corrected chi connectivity index (χ4v) is 7.91. The van der Waals surface area contributed by atoms with Crippen molar-refractivity contribution in [3.63, 3.8) is 0 Å². The molecule has 0 radical (unpaired) electrons. The predicted octanol–water partition coefficient (Wildman–Crippen LogP) is 5.97. The van der Waals surface area contributed by atoms with Crippen LogP contribution in [0.2, 0.25) is 5.02 Å². The number of carbonyl (C=O) groups excluding carboxylic acids is 2. The van der Waals surface area contributed by atoms with Crippen molar-refractivity contribution in [1.82, 2.24) is 5.32 Å². The maximum absolute atomic E-state index is 13.9. The van der Waals surface area contributed by atoms with Crippen LogP contribution in [0, 0.1) is 35.2 Å². The van der Waals surface area contributed by atoms with Gasteiger partial charge in [0.15, 0.2) is 27.3 Å². The third-order valence-corrected chi connectivity index (χ3v) is 10.0. The molecule has 4 atom stereocenters. The highest BCUT2D eigenvalue weighted by Gasteiger charge is 2.44. The van der Waals surface area contributed by atoms with Crippen LogP contribution in [-0.4, -0.2) is 39.3 Å². The zero-order chi connectivity index (χ0) is 28.2. The number of alkyl carbamates (subject to hydrolysis) is 1. The van der Waals surface area contributed by atoms with Gasteiger partial charge in [0, 0.05) is 29.9 Å². The van der Waals surface area contributed by atoms with Gasteiger partial charge in [0.2, 0.25) is 0 Å². The lowest BCUT2D eigenvalue weighted by molar-refractivity contribution is 0.102. The Hall–Kier alpha value is -2.79. The van der Waals surface area contributed by atoms with Crippen molar-refractivity contribution >= 4 is 39.1 Å². The molecule has 0 spiro atoms. The van der Waals surface area contributed by atoms with Gasteiger partial charge in [0.25, 0.3) is 5.91 Å². The first kappa shape index (κ1) is 29.8. The Morgan fingerprint density at radius 2 is 1.79 bits per heavy atom. The van der Waals surface area contributed by atoms with Crippen LogP contribution in [0.25, 0.3) is 0 Å². The monoisotopic (exact) mass is 574 g/mol. The average Bonchev–Trinajstić information content (AvgIpc) is 3.25. The summed E-state index contributed by atoms with van der Waals surface area (Å²) in [6.45, 7) is 4.17. The minimum atomic E-state index is -4.00. The van der Waals surface area contributed by atoms with E-state index in [1.54, 1.807) is 0 Å². The summed E-state index contributed by atoms with van der Waals surface area (Å²) in [6.07, 6.45) is 2.10. The number of nitrogens with one attached hydrogen (secondary N) is 2. The van der Waals surface area contributed by atoms with E-state index in [0.717, 1.165) is 12.5 Å². The number of methoxy groups -OCH3 is 1. The summed E-state index contributed by atoms with van der Waals surface area (Å²) in [5.74, 6) is -5.81. The molecule has 1 fully saturated rings. The Labute approximate surface area is 225 Å². The molecule has 0 saturated heterocycles. The van der Waals surface area contributed by atoms with Gasteiger partial charge in [-0.1, -0.05) is 31.9 Å². The van der Waals surface area contributed by atoms with Crippen LogP contribution in [-0.2, 0) is 14.6 Å². The number of ether oxygens (including phenoxy) is 1. The van der Waals surface area contributed by atoms with E-state index in [1.165, 1.54) is 19.2 Å². The quantitative estimate of drug-likeness (QED) is 0.359. The molecule has 2 amide bonds. The summed E-state index contributed by atoms with van der Waals surface area (Å²) >= 11 is 6.30. The van der Waals surface area contributed by atoms with Gasteiger partial charge in [0.1, 0.15) is 0 Å². The molecule has 1 aliphatic rings. The second kappa shape index (κ2) is 12.4. The minimum Gasteiger partial charge on any atom is -0.453 e. The maximum Gasteiger partial charge on any atom is 0.406 e. The Kier molecular flexibility index (Phi) is 9.69. The lowest BCUT2D eigenvalue weighted by Gasteiger charge is -2.27. The number of amides is 2. The summed E-state index contributed by atoms with van der Waals surface area (Å²) in [6, 6.07) is 4.94. The van der Waals surface area contributed by atoms with E-state index in [9.17, 15) is 31.2 Å². The van der Waals surface area contributed by atoms with E-state index in [0.29, 0.717) is 37.9 Å². The van der Waals surface area contributed by atoms with Crippen molar-refractivity contribution < 1.29 is 35.9 Å². The number of hydrogen-bond acceptors (Lipinski definition) is 5. The van der Waals surface area contributed by atoms with Crippen molar-refractivity contribution in [2.75, 3.05) is 19.0 Å². The van der Waals surface area contributed by atoms with E-state index in [2.05, 4.69) is 15.4 Å². The van der Waals surface area contributed by atoms with Gasteiger partial charge in [-0.25, -0.2) is 26.4 Å². The summed E-state index contributed by atoms with van der Waals surface area (Å²) in [7, 11) is -2.73. The molecule has 2 unspecified atom stereocenters. The van der Waals surface area contributed by atoms with Gasteiger partial charge in [-0.2, -0.15) is 0 Å². The third kappa shape index (κ3) is 6.61. The Morgan fingerprint density at radius 3 is 2.39 bits per heavy atom. The molecule has 0 aromatic heterocycles. The fourth-order valence-electron chi connectivity index (χ4n) is 5.04. The van der Waals surface area contributed by atoms with E-state index in [4.69, 9.17) is 11.6 Å². The molecule has 7 nitrogen and oxygen atoms in total. The number of benzene rings is 2. The van der Waals surface area contributed by atoms with Gasteiger partial charge < -0.3 is 15.4 Å². The lowest BCUT2D eigenvalue weighted by Crippen LogP contribution is -2.34. The van der Waals surface area contributed by atoms with E-state index < -0.39 is 44.5 Å². The van der Waals surface area contributed by atoms with Crippen LogP contribution in [0.1, 0.15) is 49.9 Å². The van der Waals surface area contributed by atoms with Crippen molar-refractivity contribution in [3.8, 4) is 0 Å². The smallest absolute Gasteiger partial charge is 0.406 e. The molecule has 0 bridgehead atoms. The van der Waals surface area contributed by atoms with E-state index >= 15 is 0 Å². The normalized spacial score (nSPS) is 20.1. The summed E-state index contributed by atoms with van der Waals surface area (Å²) in [5.41, 5.74) is -0.435. The summed E-state index contributed by atoms with van der Waals surface area (Å²) in [5, 5.41) is 4.10. The van der Waals surface area contributed by atoms with Crippen molar-refractivity contribution in [2.45, 2.75) is 49.7 Å². The highest BCUT2D eigenvalue weighted by atomic mass is 35.5. The highest BCUT2D eigenvalue weighted by molar-refractivity contribution is 7.92. The van der Waals surface area contributed by atoms with Crippen molar-refractivity contribution in [3.05, 3.63) is 58.4 Å². The van der Waals surface area contributed by atoms with Gasteiger partial charge >= 0.3 is 6.09 Å². The van der Waals surface area contributed by atoms with E-state index in [-0.39, 0.29) is 38.9 Å². The van der Waals surface area contributed by atoms with Crippen LogP contribution in [0.4, 0.5) is 23.7 Å². The molecule has 3 rings (SSSR count). The molecule has 208 valence electrons. The van der Waals surface area contributed by atoms with E-state index in [1.807, 2.05) is 13.8 Å². The van der Waals surface area contributed by atoms with Crippen LogP contribution < -0.4 is 10.6 Å². The highest BCUT2D eigenvalue weighted by Crippen LogP contribution is 2.43. The van der Waals surface area contributed by atoms with Crippen molar-refractivity contribution in [2.24, 2.45) is 17.8 Å². The zero-order valence-corrected chi connectivity index (χ0v) is 22.8. The number of anilines is 1. The van der Waals surface area contributed by atoms with Gasteiger partial charge in [-0.3, -0.25) is 4.79 Å². The lowest BCUT2D eigenvalue weighted by atomic mass is 9.90. The molecular formula is C26H30ClF3N2O5S. The molecule has 1 saturated carbocycles. The first-order valence-electron chi connectivity index (χ1n) is 12.2. The first-order chi connectivity index (χ1) is 17.9. The second-order valence-electron chi connectivity index (χ2n) is 9.56. The molecule has 2 N–H and O–H groups in total. The Morgan fingerprint density at radius 1 is 1.13 bits per heavy atom. The fraction of sp³-hybridized carbons (Fsp3) is 0.462. The Balaban J connectivity index is 1.86. The van der Waals surface area contributed by atoms with Crippen LogP contribution in [0.15, 0.2) is 35.2 Å². The second-order valence-corrected chi connectivity index (χ2v) is 12.0. The Bertz CT molecular complexity index is 1280. The van der Waals surface area contributed by atoms with Gasteiger partial charge in [-0.05, 0) is 55.2 Å². The van der Waals surface area contributed by atoms with Gasteiger partial charge in [0.05, 0.1) is 22.3 Å². The maximum atomic E-state index is 13.9. The number of hydrogen-bond donors (Lipinski definition) is 2. The molecule has 12 heteroatoms. The van der Waals surface area contributed by atoms with Crippen molar-refractivity contribution in [1.29, 1.82) is 0 Å². The number of carbonyl (C=O) groups is 2. The number of halogens is 4. The van der Waals surface area contributed by atoms with Crippen LogP contribution in [0.3, 0.4) is 0 Å².